The van der Waals surface area contributed by atoms with Gasteiger partial charge in [0.2, 0.25) is 0 Å². The van der Waals surface area contributed by atoms with Gasteiger partial charge in [-0.3, -0.25) is 18.6 Å². The average Bonchev–Trinajstić information content (AvgIpc) is 3.20. The number of allylic oxidation sites excluding steroid dienone is 16. The number of carbonyl (C=O) groups excluding carboxylic acids is 2. The van der Waals surface area contributed by atoms with Crippen molar-refractivity contribution in [2.75, 3.05) is 26.4 Å². The molecular weight excluding hydrogens is 743 g/mol. The van der Waals surface area contributed by atoms with Crippen molar-refractivity contribution in [1.82, 2.24) is 0 Å². The summed E-state index contributed by atoms with van der Waals surface area (Å²) in [5.41, 5.74) is 0. The summed E-state index contributed by atoms with van der Waals surface area (Å²) in [6.45, 7) is 1.86. The molecule has 0 aromatic carbocycles. The van der Waals surface area contributed by atoms with Crippen molar-refractivity contribution in [3.63, 3.8) is 0 Å². The second kappa shape index (κ2) is 41.1. The summed E-state index contributed by atoms with van der Waals surface area (Å²) >= 11 is 0. The van der Waals surface area contributed by atoms with Gasteiger partial charge >= 0.3 is 19.8 Å². The molecule has 0 saturated carbocycles. The number of ether oxygens (including phenoxy) is 2. The largest absolute Gasteiger partial charge is 0.472 e. The third-order valence-electron chi connectivity index (χ3n) is 8.31. The number of hydrogen-bond donors (Lipinski definition) is 3. The van der Waals surface area contributed by atoms with Gasteiger partial charge in [-0.2, -0.15) is 0 Å². The van der Waals surface area contributed by atoms with Crippen LogP contribution in [0.25, 0.3) is 0 Å². The van der Waals surface area contributed by atoms with Crippen LogP contribution >= 0.6 is 7.82 Å². The second-order valence-electron chi connectivity index (χ2n) is 13.6. The van der Waals surface area contributed by atoms with Gasteiger partial charge < -0.3 is 24.6 Å². The highest BCUT2D eigenvalue weighted by molar-refractivity contribution is 7.47. The van der Waals surface area contributed by atoms with Gasteiger partial charge in [-0.1, -0.05) is 150 Å². The van der Waals surface area contributed by atoms with Crippen LogP contribution in [0.4, 0.5) is 0 Å². The minimum atomic E-state index is -4.66. The quantitative estimate of drug-likeness (QED) is 0.0238. The number of esters is 2. The Hall–Kier alpha value is -3.11. The molecule has 0 heterocycles. The normalized spacial score (nSPS) is 14.8. The van der Waals surface area contributed by atoms with Crippen LogP contribution in [0.15, 0.2) is 97.2 Å². The molecule has 324 valence electrons. The Bertz CT molecular complexity index is 1260. The van der Waals surface area contributed by atoms with E-state index in [1.807, 2.05) is 18.2 Å². The third-order valence-corrected chi connectivity index (χ3v) is 9.26. The molecule has 3 N–H and O–H groups in total. The number of aliphatic hydroxyl groups excluding tert-OH is 2. The van der Waals surface area contributed by atoms with E-state index in [1.54, 1.807) is 0 Å². The predicted molar refractivity (Wildman–Crippen MR) is 232 cm³/mol. The maximum Gasteiger partial charge on any atom is 0.472 e. The zero-order valence-corrected chi connectivity index (χ0v) is 35.9. The molecule has 0 aliphatic rings. The lowest BCUT2D eigenvalue weighted by Crippen LogP contribution is -2.28. The van der Waals surface area contributed by atoms with E-state index >= 15 is 0 Å². The van der Waals surface area contributed by atoms with Crippen molar-refractivity contribution in [3.05, 3.63) is 97.2 Å². The maximum absolute atomic E-state index is 12.3. The summed E-state index contributed by atoms with van der Waals surface area (Å²) in [6.07, 6.45) is 49.7. The molecule has 0 rings (SSSR count). The van der Waals surface area contributed by atoms with Gasteiger partial charge in [0.15, 0.2) is 0 Å². The highest BCUT2D eigenvalue weighted by Crippen LogP contribution is 2.43. The highest BCUT2D eigenvalue weighted by Gasteiger charge is 2.27. The second-order valence-corrected chi connectivity index (χ2v) is 15.0. The lowest BCUT2D eigenvalue weighted by Gasteiger charge is -2.20. The third kappa shape index (κ3) is 39.5. The van der Waals surface area contributed by atoms with Crippen LogP contribution in [0.2, 0.25) is 0 Å². The lowest BCUT2D eigenvalue weighted by molar-refractivity contribution is -0.153. The zero-order valence-electron chi connectivity index (χ0n) is 35.0. The molecule has 3 unspecified atom stereocenters. The number of phosphoric acid groups is 1. The van der Waals surface area contributed by atoms with E-state index in [9.17, 15) is 29.3 Å². The number of phosphoric ester groups is 1. The molecule has 3 atom stereocenters. The van der Waals surface area contributed by atoms with E-state index < -0.39 is 58.4 Å². The summed E-state index contributed by atoms with van der Waals surface area (Å²) in [4.78, 5) is 34.4. The Labute approximate surface area is 344 Å². The Morgan fingerprint density at radius 3 is 1.21 bits per heavy atom. The van der Waals surface area contributed by atoms with Gasteiger partial charge in [-0.15, -0.1) is 0 Å². The fraction of sp³-hybridized carbons (Fsp3) is 0.609. The summed E-state index contributed by atoms with van der Waals surface area (Å²) in [5.74, 6) is -1.12. The monoisotopic (exact) mass is 819 g/mol. The van der Waals surface area contributed by atoms with E-state index in [-0.39, 0.29) is 12.8 Å². The van der Waals surface area contributed by atoms with Gasteiger partial charge in [-0.05, 0) is 77.0 Å². The highest BCUT2D eigenvalue weighted by atomic mass is 31.2. The molecule has 0 saturated heterocycles. The molecular formula is C46H75O10P. The van der Waals surface area contributed by atoms with E-state index in [1.165, 1.54) is 25.7 Å². The summed E-state index contributed by atoms with van der Waals surface area (Å²) < 4.78 is 32.4. The van der Waals surface area contributed by atoms with Crippen LogP contribution in [-0.2, 0) is 32.7 Å². The standard InChI is InChI=1S/C46H75O10P/c1-3-5-7-9-11-13-15-17-18-19-20-21-22-23-24-26-28-30-32-34-36-38-46(50)56-44(40-48)42-54-57(51,52)53-41-43(39-47)55-45(49)37-35-33-31-29-27-25-16-14-12-10-8-6-4-2/h5-8,11-14,17-18,20-21,25,27,31,33,43-44,47-48H,3-4,9-10,15-16,19,22-24,26,28-30,32,34-42H2,1-2H3,(H,51,52)/b7-5-,8-6-,13-11-,14-12-,18-17-,21-20-,27-25-,33-31-. The Balaban J connectivity index is 4.00. The Morgan fingerprint density at radius 2 is 0.807 bits per heavy atom. The molecule has 11 heteroatoms. The lowest BCUT2D eigenvalue weighted by atomic mass is 10.1. The van der Waals surface area contributed by atoms with Crippen molar-refractivity contribution in [2.45, 2.75) is 154 Å². The molecule has 0 aromatic heterocycles. The van der Waals surface area contributed by atoms with E-state index in [0.717, 1.165) is 77.0 Å². The number of carbonyl (C=O) groups is 2. The van der Waals surface area contributed by atoms with Crippen LogP contribution in [-0.4, -0.2) is 65.7 Å². The first-order valence-electron chi connectivity index (χ1n) is 21.2. The number of aliphatic hydroxyl groups is 2. The SMILES string of the molecule is CC/C=C\C/C=C\C/C=C\C/C=C\CCCCCCCCCCC(=O)OC(CO)COP(=O)(O)OCC(CO)OC(=O)CC/C=C\C/C=C\C/C=C\C/C=C\CC. The van der Waals surface area contributed by atoms with Crippen molar-refractivity contribution < 1.29 is 47.8 Å². The minimum Gasteiger partial charge on any atom is -0.457 e. The molecule has 0 bridgehead atoms. The predicted octanol–water partition coefficient (Wildman–Crippen LogP) is 11.2. The molecule has 0 amide bonds. The number of unbranched alkanes of at least 4 members (excludes halogenated alkanes) is 8. The van der Waals surface area contributed by atoms with E-state index in [2.05, 4.69) is 92.8 Å². The fourth-order valence-corrected chi connectivity index (χ4v) is 5.90. The topological polar surface area (TPSA) is 149 Å². The molecule has 0 fully saturated rings. The smallest absolute Gasteiger partial charge is 0.457 e. The first kappa shape index (κ1) is 53.9. The van der Waals surface area contributed by atoms with E-state index in [0.29, 0.717) is 12.8 Å². The summed E-state index contributed by atoms with van der Waals surface area (Å²) in [6, 6.07) is 0. The Kier molecular flexibility index (Phi) is 38.8. The molecule has 10 nitrogen and oxygen atoms in total. The molecule has 0 aliphatic heterocycles. The van der Waals surface area contributed by atoms with Crippen LogP contribution in [0.3, 0.4) is 0 Å². The number of hydrogen-bond acceptors (Lipinski definition) is 9. The Morgan fingerprint density at radius 1 is 0.474 bits per heavy atom. The van der Waals surface area contributed by atoms with Crippen molar-refractivity contribution in [2.24, 2.45) is 0 Å². The van der Waals surface area contributed by atoms with Gasteiger partial charge in [0.05, 0.1) is 26.4 Å². The molecule has 0 spiro atoms. The fourth-order valence-electron chi connectivity index (χ4n) is 5.12. The van der Waals surface area contributed by atoms with Gasteiger partial charge in [0.1, 0.15) is 12.2 Å². The molecule has 0 aromatic rings. The number of rotatable bonds is 38. The van der Waals surface area contributed by atoms with Crippen molar-refractivity contribution in [1.29, 1.82) is 0 Å². The van der Waals surface area contributed by atoms with Crippen molar-refractivity contribution in [3.8, 4) is 0 Å². The van der Waals surface area contributed by atoms with Crippen LogP contribution in [0.5, 0.6) is 0 Å². The first-order chi connectivity index (χ1) is 27.8. The molecule has 57 heavy (non-hydrogen) atoms. The van der Waals surface area contributed by atoms with Crippen LogP contribution in [0, 0.1) is 0 Å². The van der Waals surface area contributed by atoms with Crippen LogP contribution < -0.4 is 0 Å². The van der Waals surface area contributed by atoms with Crippen molar-refractivity contribution >= 4 is 19.8 Å². The minimum absolute atomic E-state index is 0.0653. The molecule has 0 aliphatic carbocycles. The van der Waals surface area contributed by atoms with Gasteiger partial charge in [-0.25, -0.2) is 4.57 Å². The summed E-state index contributed by atoms with van der Waals surface area (Å²) in [5, 5.41) is 19.1. The summed E-state index contributed by atoms with van der Waals surface area (Å²) in [7, 11) is -4.66. The maximum atomic E-state index is 12.3. The van der Waals surface area contributed by atoms with Crippen LogP contribution in [0.1, 0.15) is 142 Å². The zero-order chi connectivity index (χ0) is 41.9. The molecule has 0 radical (unpaired) electrons. The van der Waals surface area contributed by atoms with Gasteiger partial charge in [0.25, 0.3) is 0 Å². The first-order valence-corrected chi connectivity index (χ1v) is 22.7. The van der Waals surface area contributed by atoms with E-state index in [4.69, 9.17) is 18.5 Å². The van der Waals surface area contributed by atoms with Gasteiger partial charge in [0, 0.05) is 12.8 Å². The average molecular weight is 819 g/mol.